The van der Waals surface area contributed by atoms with E-state index in [1.807, 2.05) is 23.1 Å². The van der Waals surface area contributed by atoms with E-state index in [0.29, 0.717) is 38.8 Å². The van der Waals surface area contributed by atoms with E-state index in [9.17, 15) is 9.59 Å². The monoisotopic (exact) mass is 573 g/mol. The Morgan fingerprint density at radius 1 is 1.02 bits per heavy atom. The third kappa shape index (κ3) is 4.95. The van der Waals surface area contributed by atoms with E-state index in [0.717, 1.165) is 83.0 Å². The van der Waals surface area contributed by atoms with Gasteiger partial charge in [0, 0.05) is 43.4 Å². The average molecular weight is 574 g/mol. The van der Waals surface area contributed by atoms with Crippen LogP contribution in [0, 0.1) is 5.92 Å². The number of nitrogens with zero attached hydrogens (tertiary/aromatic N) is 7. The van der Waals surface area contributed by atoms with Gasteiger partial charge in [-0.15, -0.1) is 11.3 Å². The second kappa shape index (κ2) is 11.0. The van der Waals surface area contributed by atoms with Crippen molar-refractivity contribution in [3.05, 3.63) is 41.0 Å². The third-order valence-electron chi connectivity index (χ3n) is 8.53. The molecule has 1 saturated carbocycles. The summed E-state index contributed by atoms with van der Waals surface area (Å²) in [5.74, 6) is 2.71. The van der Waals surface area contributed by atoms with Crippen molar-refractivity contribution in [2.75, 3.05) is 50.8 Å². The molecule has 0 radical (unpaired) electrons. The summed E-state index contributed by atoms with van der Waals surface area (Å²) in [6, 6.07) is 10.2. The Morgan fingerprint density at radius 3 is 2.61 bits per heavy atom. The topological polar surface area (TPSA) is 96.7 Å². The van der Waals surface area contributed by atoms with Gasteiger partial charge in [-0.25, -0.2) is 9.97 Å². The highest BCUT2D eigenvalue weighted by atomic mass is 32.1. The summed E-state index contributed by atoms with van der Waals surface area (Å²) in [5, 5.41) is 0. The van der Waals surface area contributed by atoms with Crippen LogP contribution in [0.25, 0.3) is 27.2 Å². The number of carbonyl (C=O) groups excluding carboxylic acids is 2. The summed E-state index contributed by atoms with van der Waals surface area (Å²) in [4.78, 5) is 48.1. The molecule has 4 aromatic rings. The van der Waals surface area contributed by atoms with Gasteiger partial charge in [0.15, 0.2) is 5.82 Å². The molecule has 11 heteroatoms. The number of amides is 2. The third-order valence-corrected chi connectivity index (χ3v) is 9.64. The fraction of sp³-hybridized carbons (Fsp3) is 0.500. The Balaban J connectivity index is 1.20. The first kappa shape index (κ1) is 26.3. The Kier molecular flexibility index (Phi) is 7.08. The summed E-state index contributed by atoms with van der Waals surface area (Å²) in [6.45, 7) is 6.78. The lowest BCUT2D eigenvalue weighted by Gasteiger charge is -2.35. The molecule has 0 spiro atoms. The molecule has 10 nitrogen and oxygen atoms in total. The minimum absolute atomic E-state index is 0.0118. The van der Waals surface area contributed by atoms with E-state index in [-0.39, 0.29) is 24.3 Å². The first-order valence-corrected chi connectivity index (χ1v) is 15.6. The molecule has 3 aliphatic rings. The zero-order valence-corrected chi connectivity index (χ0v) is 24.2. The van der Waals surface area contributed by atoms with Crippen molar-refractivity contribution in [1.29, 1.82) is 0 Å². The van der Waals surface area contributed by atoms with Crippen LogP contribution < -0.4 is 4.90 Å². The van der Waals surface area contributed by atoms with Gasteiger partial charge in [0.1, 0.15) is 5.82 Å². The number of aromatic nitrogens is 4. The van der Waals surface area contributed by atoms with Crippen LogP contribution in [0.2, 0.25) is 0 Å². The maximum Gasteiger partial charge on any atom is 0.242 e. The fourth-order valence-electron chi connectivity index (χ4n) is 6.34. The number of imidazole rings is 1. The smallest absolute Gasteiger partial charge is 0.242 e. The number of fused-ring (bicyclic) bond motifs is 2. The first-order chi connectivity index (χ1) is 20.1. The van der Waals surface area contributed by atoms with Crippen LogP contribution >= 0.6 is 11.3 Å². The summed E-state index contributed by atoms with van der Waals surface area (Å²) in [7, 11) is 0. The minimum Gasteiger partial charge on any atom is -0.378 e. The van der Waals surface area contributed by atoms with Gasteiger partial charge in [0.25, 0.3) is 0 Å². The summed E-state index contributed by atoms with van der Waals surface area (Å²) in [5.41, 5.74) is 2.79. The van der Waals surface area contributed by atoms with Crippen molar-refractivity contribution in [2.24, 2.45) is 5.92 Å². The van der Waals surface area contributed by atoms with Crippen LogP contribution in [-0.4, -0.2) is 87.1 Å². The lowest BCUT2D eigenvalue weighted by Crippen LogP contribution is -2.52. The molecule has 0 unspecified atom stereocenters. The number of piperazine rings is 1. The highest BCUT2D eigenvalue weighted by Crippen LogP contribution is 2.35. The fourth-order valence-corrected chi connectivity index (χ4v) is 7.47. The number of benzene rings is 1. The molecule has 2 aliphatic heterocycles. The zero-order valence-electron chi connectivity index (χ0n) is 23.4. The van der Waals surface area contributed by atoms with Crippen LogP contribution in [0.4, 0.5) is 5.82 Å². The number of thiophene rings is 1. The van der Waals surface area contributed by atoms with Crippen molar-refractivity contribution in [2.45, 2.75) is 45.6 Å². The molecule has 7 rings (SSSR count). The quantitative estimate of drug-likeness (QED) is 0.346. The van der Waals surface area contributed by atoms with Gasteiger partial charge in [-0.1, -0.05) is 31.9 Å². The first-order valence-electron chi connectivity index (χ1n) is 14.8. The average Bonchev–Trinajstić information content (AvgIpc) is 3.76. The molecule has 1 aliphatic carbocycles. The molecule has 2 saturated heterocycles. The lowest BCUT2D eigenvalue weighted by molar-refractivity contribution is -0.147. The number of para-hydroxylation sites is 2. The number of ether oxygens (including phenoxy) is 1. The van der Waals surface area contributed by atoms with E-state index in [1.54, 1.807) is 16.2 Å². The van der Waals surface area contributed by atoms with Crippen LogP contribution in [0.5, 0.6) is 0 Å². The van der Waals surface area contributed by atoms with Crippen LogP contribution in [0.3, 0.4) is 0 Å². The van der Waals surface area contributed by atoms with E-state index in [4.69, 9.17) is 19.7 Å². The maximum atomic E-state index is 13.1. The van der Waals surface area contributed by atoms with Crippen LogP contribution in [0.1, 0.15) is 43.3 Å². The molecular formula is C30H35N7O3S. The van der Waals surface area contributed by atoms with Crippen molar-refractivity contribution in [3.8, 4) is 5.95 Å². The van der Waals surface area contributed by atoms with Gasteiger partial charge in [-0.3, -0.25) is 14.2 Å². The van der Waals surface area contributed by atoms with E-state index < -0.39 is 0 Å². The number of hydrogen-bond donors (Lipinski definition) is 0. The second-order valence-electron chi connectivity index (χ2n) is 11.1. The molecule has 3 fully saturated rings. The van der Waals surface area contributed by atoms with Crippen molar-refractivity contribution >= 4 is 50.2 Å². The summed E-state index contributed by atoms with van der Waals surface area (Å²) in [6.07, 6.45) is 4.90. The molecule has 2 amide bonds. The van der Waals surface area contributed by atoms with Gasteiger partial charge >= 0.3 is 0 Å². The highest BCUT2D eigenvalue weighted by molar-refractivity contribution is 7.19. The predicted octanol–water partition coefficient (Wildman–Crippen LogP) is 3.79. The van der Waals surface area contributed by atoms with Crippen molar-refractivity contribution < 1.29 is 14.3 Å². The molecule has 0 N–H and O–H groups in total. The number of anilines is 1. The summed E-state index contributed by atoms with van der Waals surface area (Å²) >= 11 is 1.65. The molecule has 41 heavy (non-hydrogen) atoms. The second-order valence-corrected chi connectivity index (χ2v) is 12.3. The normalized spacial score (nSPS) is 18.8. The summed E-state index contributed by atoms with van der Waals surface area (Å²) < 4.78 is 8.73. The number of carbonyl (C=O) groups is 2. The van der Waals surface area contributed by atoms with Crippen molar-refractivity contribution in [1.82, 2.24) is 29.3 Å². The zero-order chi connectivity index (χ0) is 27.9. The number of morpholine rings is 1. The standard InChI is InChI=1S/C30H35N7O3S/c1-2-25-31-22-9-5-6-10-24(22)37(25)30-32-23-17-21(41-27(23)28(33-30)34-13-15-40-16-14-34)18-35-11-12-36(19-26(35)38)29(39)20-7-3-4-8-20/h5-6,9-10,17,20H,2-4,7-8,11-16,18-19H2,1H3. The SMILES string of the molecule is CCc1nc2ccccc2n1-c1nc(N2CCOCC2)c2sc(CN3CCN(C(=O)C4CCCC4)CC3=O)cc2n1. The minimum atomic E-state index is 0.0118. The Bertz CT molecular complexity index is 1600. The van der Waals surface area contributed by atoms with Crippen molar-refractivity contribution in [3.63, 3.8) is 0 Å². The van der Waals surface area contributed by atoms with Gasteiger partial charge in [0.2, 0.25) is 17.8 Å². The molecule has 0 bridgehead atoms. The van der Waals surface area contributed by atoms with E-state index in [2.05, 4.69) is 28.5 Å². The van der Waals surface area contributed by atoms with Gasteiger partial charge in [0.05, 0.1) is 47.6 Å². The Labute approximate surface area is 242 Å². The highest BCUT2D eigenvalue weighted by Gasteiger charge is 2.33. The molecule has 3 aromatic heterocycles. The Hall–Kier alpha value is -3.57. The van der Waals surface area contributed by atoms with Crippen LogP contribution in [0.15, 0.2) is 30.3 Å². The molecule has 0 atom stereocenters. The molecule has 1 aromatic carbocycles. The largest absolute Gasteiger partial charge is 0.378 e. The lowest BCUT2D eigenvalue weighted by atomic mass is 10.1. The number of rotatable bonds is 6. The molecule has 214 valence electrons. The molecule has 5 heterocycles. The van der Waals surface area contributed by atoms with E-state index in [1.165, 1.54) is 0 Å². The maximum absolute atomic E-state index is 13.1. The Morgan fingerprint density at radius 2 is 1.83 bits per heavy atom. The van der Waals surface area contributed by atoms with Gasteiger partial charge < -0.3 is 19.4 Å². The van der Waals surface area contributed by atoms with Crippen LogP contribution in [-0.2, 0) is 27.3 Å². The van der Waals surface area contributed by atoms with E-state index >= 15 is 0 Å². The van der Waals surface area contributed by atoms with Gasteiger partial charge in [-0.05, 0) is 31.0 Å². The molecular weight excluding hydrogens is 538 g/mol. The number of aryl methyl sites for hydroxylation is 1. The number of hydrogen-bond acceptors (Lipinski definition) is 8. The predicted molar refractivity (Wildman–Crippen MR) is 158 cm³/mol. The van der Waals surface area contributed by atoms with Gasteiger partial charge in [-0.2, -0.15) is 4.98 Å².